The van der Waals surface area contributed by atoms with Crippen molar-refractivity contribution >= 4 is 15.7 Å². The standard InChI is InChI=1S/C15H28N2O3S/c1-12-5-4-7-17(9-12)15(2,3)11-16-14(18)13-6-8-21(19,20)10-13/h12-13H,4-11H2,1-3H3,(H,16,18). The zero-order valence-corrected chi connectivity index (χ0v) is 14.2. The van der Waals surface area contributed by atoms with Gasteiger partial charge in [-0.1, -0.05) is 6.92 Å². The maximum Gasteiger partial charge on any atom is 0.224 e. The van der Waals surface area contributed by atoms with E-state index in [0.717, 1.165) is 13.1 Å². The third-order valence-electron chi connectivity index (χ3n) is 4.81. The number of nitrogens with zero attached hydrogens (tertiary/aromatic N) is 1. The molecule has 21 heavy (non-hydrogen) atoms. The van der Waals surface area contributed by atoms with Gasteiger partial charge in [0.05, 0.1) is 17.4 Å². The van der Waals surface area contributed by atoms with Gasteiger partial charge in [-0.2, -0.15) is 0 Å². The predicted molar refractivity (Wildman–Crippen MR) is 83.8 cm³/mol. The van der Waals surface area contributed by atoms with Crippen molar-refractivity contribution < 1.29 is 13.2 Å². The van der Waals surface area contributed by atoms with Crippen LogP contribution >= 0.6 is 0 Å². The fourth-order valence-electron chi connectivity index (χ4n) is 3.30. The highest BCUT2D eigenvalue weighted by Gasteiger charge is 2.35. The Morgan fingerprint density at radius 1 is 1.33 bits per heavy atom. The molecule has 6 heteroatoms. The van der Waals surface area contributed by atoms with Crippen LogP contribution in [0.4, 0.5) is 0 Å². The average molecular weight is 316 g/mol. The Bertz CT molecular complexity index is 487. The van der Waals surface area contributed by atoms with E-state index in [1.54, 1.807) is 0 Å². The van der Waals surface area contributed by atoms with E-state index >= 15 is 0 Å². The predicted octanol–water partition coefficient (Wildman–Crippen LogP) is 1.05. The first kappa shape index (κ1) is 16.7. The number of carbonyl (C=O) groups is 1. The number of hydrogen-bond acceptors (Lipinski definition) is 4. The van der Waals surface area contributed by atoms with Crippen molar-refractivity contribution in [2.45, 2.75) is 45.6 Å². The molecule has 2 atom stereocenters. The molecule has 0 spiro atoms. The van der Waals surface area contributed by atoms with Gasteiger partial charge < -0.3 is 5.32 Å². The minimum atomic E-state index is -2.99. The van der Waals surface area contributed by atoms with Gasteiger partial charge in [-0.05, 0) is 45.6 Å². The van der Waals surface area contributed by atoms with Crippen molar-refractivity contribution in [1.29, 1.82) is 0 Å². The summed E-state index contributed by atoms with van der Waals surface area (Å²) in [6.07, 6.45) is 2.95. The molecule has 2 aliphatic heterocycles. The fourth-order valence-corrected chi connectivity index (χ4v) is 5.04. The molecule has 1 amide bonds. The molecule has 122 valence electrons. The summed E-state index contributed by atoms with van der Waals surface area (Å²) in [6.45, 7) is 9.29. The Hall–Kier alpha value is -0.620. The number of rotatable bonds is 4. The Kier molecular flexibility index (Phi) is 4.98. The van der Waals surface area contributed by atoms with E-state index in [1.807, 2.05) is 0 Å². The molecule has 0 radical (unpaired) electrons. The summed E-state index contributed by atoms with van der Waals surface area (Å²) in [5.74, 6) is 0.409. The molecule has 5 nitrogen and oxygen atoms in total. The molecule has 0 aliphatic carbocycles. The van der Waals surface area contributed by atoms with E-state index in [4.69, 9.17) is 0 Å². The molecule has 2 aliphatic rings. The summed E-state index contributed by atoms with van der Waals surface area (Å²) < 4.78 is 22.9. The van der Waals surface area contributed by atoms with Crippen molar-refractivity contribution in [3.63, 3.8) is 0 Å². The van der Waals surface area contributed by atoms with Crippen molar-refractivity contribution in [1.82, 2.24) is 10.2 Å². The van der Waals surface area contributed by atoms with Gasteiger partial charge in [-0.15, -0.1) is 0 Å². The summed E-state index contributed by atoms with van der Waals surface area (Å²) in [5, 5.41) is 2.97. The van der Waals surface area contributed by atoms with E-state index < -0.39 is 9.84 Å². The lowest BCUT2D eigenvalue weighted by atomic mass is 9.93. The molecule has 2 rings (SSSR count). The third kappa shape index (κ3) is 4.42. The maximum absolute atomic E-state index is 12.1. The van der Waals surface area contributed by atoms with Gasteiger partial charge in [-0.25, -0.2) is 8.42 Å². The number of sulfone groups is 1. The summed E-state index contributed by atoms with van der Waals surface area (Å²) in [7, 11) is -2.99. The van der Waals surface area contributed by atoms with Gasteiger partial charge in [0.2, 0.25) is 5.91 Å². The lowest BCUT2D eigenvalue weighted by Crippen LogP contribution is -2.55. The molecule has 1 N–H and O–H groups in total. The van der Waals surface area contributed by atoms with Crippen LogP contribution in [0.2, 0.25) is 0 Å². The van der Waals surface area contributed by atoms with Gasteiger partial charge in [0.25, 0.3) is 0 Å². The third-order valence-corrected chi connectivity index (χ3v) is 6.58. The van der Waals surface area contributed by atoms with Gasteiger partial charge >= 0.3 is 0 Å². The highest BCUT2D eigenvalue weighted by Crippen LogP contribution is 2.24. The van der Waals surface area contributed by atoms with E-state index in [0.29, 0.717) is 18.9 Å². The number of nitrogens with one attached hydrogen (secondary N) is 1. The van der Waals surface area contributed by atoms with E-state index in [9.17, 15) is 13.2 Å². The second-order valence-electron chi connectivity index (χ2n) is 7.32. The summed E-state index contributed by atoms with van der Waals surface area (Å²) in [5.41, 5.74) is -0.0815. The molecular formula is C15H28N2O3S. The lowest BCUT2D eigenvalue weighted by Gasteiger charge is -2.43. The molecule has 0 bridgehead atoms. The minimum Gasteiger partial charge on any atom is -0.354 e. The zero-order valence-electron chi connectivity index (χ0n) is 13.4. The Balaban J connectivity index is 1.85. The molecule has 0 saturated carbocycles. The Morgan fingerprint density at radius 2 is 2.05 bits per heavy atom. The van der Waals surface area contributed by atoms with E-state index in [-0.39, 0.29) is 28.9 Å². The highest BCUT2D eigenvalue weighted by molar-refractivity contribution is 7.91. The molecular weight excluding hydrogens is 288 g/mol. The van der Waals surface area contributed by atoms with Crippen molar-refractivity contribution in [3.8, 4) is 0 Å². The Morgan fingerprint density at radius 3 is 2.62 bits per heavy atom. The number of amides is 1. The first-order chi connectivity index (χ1) is 9.70. The van der Waals surface area contributed by atoms with Crippen LogP contribution in [0.15, 0.2) is 0 Å². The molecule has 2 fully saturated rings. The van der Waals surface area contributed by atoms with Crippen LogP contribution in [-0.4, -0.2) is 55.9 Å². The minimum absolute atomic E-state index is 0.0139. The Labute approximate surface area is 128 Å². The van der Waals surface area contributed by atoms with Crippen molar-refractivity contribution in [2.24, 2.45) is 11.8 Å². The molecule has 0 aromatic carbocycles. The highest BCUT2D eigenvalue weighted by atomic mass is 32.2. The van der Waals surface area contributed by atoms with E-state index in [2.05, 4.69) is 31.0 Å². The molecule has 2 heterocycles. The topological polar surface area (TPSA) is 66.5 Å². The van der Waals surface area contributed by atoms with E-state index in [1.165, 1.54) is 12.8 Å². The van der Waals surface area contributed by atoms with Gasteiger partial charge in [0.1, 0.15) is 0 Å². The molecule has 2 unspecified atom stereocenters. The van der Waals surface area contributed by atoms with Crippen LogP contribution in [0.3, 0.4) is 0 Å². The van der Waals surface area contributed by atoms with Gasteiger partial charge in [-0.3, -0.25) is 9.69 Å². The average Bonchev–Trinajstić information content (AvgIpc) is 2.76. The monoisotopic (exact) mass is 316 g/mol. The number of carbonyl (C=O) groups excluding carboxylic acids is 1. The fraction of sp³-hybridized carbons (Fsp3) is 0.933. The second-order valence-corrected chi connectivity index (χ2v) is 9.55. The summed E-state index contributed by atoms with van der Waals surface area (Å²) in [4.78, 5) is 14.6. The number of piperidine rings is 1. The van der Waals surface area contributed by atoms with Gasteiger partial charge in [0, 0.05) is 18.6 Å². The van der Waals surface area contributed by atoms with Crippen LogP contribution < -0.4 is 5.32 Å². The second kappa shape index (κ2) is 6.24. The zero-order chi connectivity index (χ0) is 15.7. The smallest absolute Gasteiger partial charge is 0.224 e. The van der Waals surface area contributed by atoms with Gasteiger partial charge in [0.15, 0.2) is 9.84 Å². The number of likely N-dealkylation sites (tertiary alicyclic amines) is 1. The quantitative estimate of drug-likeness (QED) is 0.842. The SMILES string of the molecule is CC1CCCN(C(C)(C)CNC(=O)C2CCS(=O)(=O)C2)C1. The first-order valence-electron chi connectivity index (χ1n) is 7.93. The molecule has 2 saturated heterocycles. The summed E-state index contributed by atoms with van der Waals surface area (Å²) >= 11 is 0. The lowest BCUT2D eigenvalue weighted by molar-refractivity contribution is -0.124. The van der Waals surface area contributed by atoms with Crippen LogP contribution in [0, 0.1) is 11.8 Å². The van der Waals surface area contributed by atoms with Crippen LogP contribution in [0.25, 0.3) is 0 Å². The maximum atomic E-state index is 12.1. The largest absolute Gasteiger partial charge is 0.354 e. The summed E-state index contributed by atoms with van der Waals surface area (Å²) in [6, 6.07) is 0. The first-order valence-corrected chi connectivity index (χ1v) is 9.75. The molecule has 0 aromatic rings. The van der Waals surface area contributed by atoms with Crippen LogP contribution in [0.1, 0.15) is 40.0 Å². The van der Waals surface area contributed by atoms with Crippen LogP contribution in [-0.2, 0) is 14.6 Å². The normalized spacial score (nSPS) is 30.2. The van der Waals surface area contributed by atoms with Crippen LogP contribution in [0.5, 0.6) is 0 Å². The van der Waals surface area contributed by atoms with Crippen molar-refractivity contribution in [2.75, 3.05) is 31.1 Å². The van der Waals surface area contributed by atoms with Crippen molar-refractivity contribution in [3.05, 3.63) is 0 Å². The molecule has 0 aromatic heterocycles. The number of hydrogen-bond donors (Lipinski definition) is 1.